The Hall–Kier alpha value is -1.47. The van der Waals surface area contributed by atoms with Gasteiger partial charge in [-0.2, -0.15) is 0 Å². The van der Waals surface area contributed by atoms with E-state index >= 15 is 0 Å². The Morgan fingerprint density at radius 1 is 1.53 bits per heavy atom. The molecular weight excluding hydrogens is 244 g/mol. The van der Waals surface area contributed by atoms with E-state index < -0.39 is 11.6 Å². The molecule has 0 radical (unpaired) electrons. The van der Waals surface area contributed by atoms with Gasteiger partial charge in [0.05, 0.1) is 6.54 Å². The average molecular weight is 258 g/mol. The number of thiazole rings is 1. The SMILES string of the molecule is CC(=O)c1nc(NCC(C)(O)C(=O)O)sc1C. The zero-order chi connectivity index (χ0) is 13.2. The second kappa shape index (κ2) is 4.80. The number of hydrogen-bond acceptors (Lipinski definition) is 6. The smallest absolute Gasteiger partial charge is 0.337 e. The molecule has 3 N–H and O–H groups in total. The Bertz CT molecular complexity index is 453. The van der Waals surface area contributed by atoms with Crippen LogP contribution in [0.4, 0.5) is 5.13 Å². The van der Waals surface area contributed by atoms with Crippen LogP contribution in [0.1, 0.15) is 29.2 Å². The molecule has 0 spiro atoms. The summed E-state index contributed by atoms with van der Waals surface area (Å²) in [5.74, 6) is -1.46. The number of Topliss-reactive ketones (excluding diaryl/α,β-unsaturated/α-hetero) is 1. The van der Waals surface area contributed by atoms with Crippen molar-refractivity contribution in [3.8, 4) is 0 Å². The van der Waals surface area contributed by atoms with E-state index in [-0.39, 0.29) is 12.3 Å². The van der Waals surface area contributed by atoms with E-state index in [2.05, 4.69) is 10.3 Å². The first-order chi connectivity index (χ1) is 7.74. The third-order valence-corrected chi connectivity index (χ3v) is 3.10. The van der Waals surface area contributed by atoms with Gasteiger partial charge in [0.2, 0.25) is 0 Å². The van der Waals surface area contributed by atoms with Crippen LogP contribution < -0.4 is 5.32 Å². The molecule has 0 bridgehead atoms. The van der Waals surface area contributed by atoms with Crippen LogP contribution >= 0.6 is 11.3 Å². The molecule has 1 aromatic rings. The fraction of sp³-hybridized carbons (Fsp3) is 0.500. The lowest BCUT2D eigenvalue weighted by Gasteiger charge is -2.17. The molecule has 1 heterocycles. The molecule has 0 fully saturated rings. The monoisotopic (exact) mass is 258 g/mol. The van der Waals surface area contributed by atoms with Crippen molar-refractivity contribution in [2.24, 2.45) is 0 Å². The van der Waals surface area contributed by atoms with E-state index in [4.69, 9.17) is 5.11 Å². The van der Waals surface area contributed by atoms with Crippen molar-refractivity contribution >= 4 is 28.2 Å². The summed E-state index contributed by atoms with van der Waals surface area (Å²) in [6, 6.07) is 0. The third kappa shape index (κ3) is 3.24. The third-order valence-electron chi connectivity index (χ3n) is 2.17. The number of anilines is 1. The standard InChI is InChI=1S/C10H14N2O4S/c1-5(13)7-6(2)17-9(12-7)11-4-10(3,16)8(14)15/h16H,4H2,1-3H3,(H,11,12)(H,14,15). The fourth-order valence-corrected chi connectivity index (χ4v) is 1.98. The van der Waals surface area contributed by atoms with Crippen LogP contribution in [0.3, 0.4) is 0 Å². The van der Waals surface area contributed by atoms with Gasteiger partial charge < -0.3 is 15.5 Å². The molecule has 0 aromatic carbocycles. The van der Waals surface area contributed by atoms with Crippen molar-refractivity contribution in [1.82, 2.24) is 4.98 Å². The van der Waals surface area contributed by atoms with E-state index in [1.807, 2.05) is 0 Å². The molecule has 0 saturated heterocycles. The van der Waals surface area contributed by atoms with Crippen molar-refractivity contribution < 1.29 is 19.8 Å². The molecule has 1 rings (SSSR count). The number of aliphatic hydroxyl groups is 1. The zero-order valence-corrected chi connectivity index (χ0v) is 10.6. The molecule has 1 aromatic heterocycles. The highest BCUT2D eigenvalue weighted by Crippen LogP contribution is 2.22. The van der Waals surface area contributed by atoms with E-state index in [0.717, 1.165) is 4.88 Å². The number of carbonyl (C=O) groups excluding carboxylic acids is 1. The Morgan fingerprint density at radius 2 is 2.12 bits per heavy atom. The number of nitrogens with one attached hydrogen (secondary N) is 1. The Morgan fingerprint density at radius 3 is 2.53 bits per heavy atom. The maximum Gasteiger partial charge on any atom is 0.337 e. The molecule has 17 heavy (non-hydrogen) atoms. The van der Waals surface area contributed by atoms with Crippen LogP contribution in [-0.2, 0) is 4.79 Å². The highest BCUT2D eigenvalue weighted by molar-refractivity contribution is 7.15. The summed E-state index contributed by atoms with van der Waals surface area (Å²) in [7, 11) is 0. The van der Waals surface area contributed by atoms with Gasteiger partial charge in [-0.25, -0.2) is 9.78 Å². The molecule has 0 saturated carbocycles. The predicted octanol–water partition coefficient (Wildman–Crippen LogP) is 0.902. The average Bonchev–Trinajstić information content (AvgIpc) is 2.57. The lowest BCUT2D eigenvalue weighted by Crippen LogP contribution is -2.41. The van der Waals surface area contributed by atoms with Gasteiger partial charge in [-0.3, -0.25) is 4.79 Å². The second-order valence-electron chi connectivity index (χ2n) is 3.91. The molecular formula is C10H14N2O4S. The number of hydrogen-bond donors (Lipinski definition) is 3. The number of aliphatic carboxylic acids is 1. The van der Waals surface area contributed by atoms with Crippen LogP contribution in [0.2, 0.25) is 0 Å². The molecule has 94 valence electrons. The zero-order valence-electron chi connectivity index (χ0n) is 9.77. The van der Waals surface area contributed by atoms with Gasteiger partial charge in [-0.05, 0) is 13.8 Å². The predicted molar refractivity (Wildman–Crippen MR) is 63.6 cm³/mol. The number of carbonyl (C=O) groups is 2. The highest BCUT2D eigenvalue weighted by atomic mass is 32.1. The molecule has 0 aliphatic rings. The normalized spacial score (nSPS) is 14.1. The van der Waals surface area contributed by atoms with Crippen LogP contribution in [0.15, 0.2) is 0 Å². The van der Waals surface area contributed by atoms with Crippen molar-refractivity contribution in [3.63, 3.8) is 0 Å². The summed E-state index contributed by atoms with van der Waals surface area (Å²) in [4.78, 5) is 26.6. The number of rotatable bonds is 5. The van der Waals surface area contributed by atoms with Crippen molar-refractivity contribution in [2.45, 2.75) is 26.4 Å². The number of nitrogens with zero attached hydrogens (tertiary/aromatic N) is 1. The summed E-state index contributed by atoms with van der Waals surface area (Å²) in [5.41, 5.74) is -1.50. The molecule has 1 unspecified atom stereocenters. The summed E-state index contributed by atoms with van der Waals surface area (Å²) >= 11 is 1.25. The first kappa shape index (κ1) is 13.6. The Balaban J connectivity index is 2.74. The van der Waals surface area contributed by atoms with Gasteiger partial charge in [0.1, 0.15) is 5.69 Å². The number of aryl methyl sites for hydroxylation is 1. The number of carboxylic acid groups (broad SMARTS) is 1. The van der Waals surface area contributed by atoms with E-state index in [9.17, 15) is 14.7 Å². The molecule has 1 atom stereocenters. The largest absolute Gasteiger partial charge is 0.479 e. The van der Waals surface area contributed by atoms with Crippen molar-refractivity contribution in [1.29, 1.82) is 0 Å². The second-order valence-corrected chi connectivity index (χ2v) is 5.12. The minimum atomic E-state index is -1.87. The Labute approximate surface area is 102 Å². The number of carboxylic acids is 1. The molecule has 6 nitrogen and oxygen atoms in total. The molecule has 0 aliphatic carbocycles. The van der Waals surface area contributed by atoms with Crippen LogP contribution in [0.25, 0.3) is 0 Å². The van der Waals surface area contributed by atoms with Gasteiger partial charge in [0, 0.05) is 11.8 Å². The maximum atomic E-state index is 11.2. The van der Waals surface area contributed by atoms with Crippen LogP contribution in [0, 0.1) is 6.92 Å². The van der Waals surface area contributed by atoms with E-state index in [1.165, 1.54) is 25.2 Å². The first-order valence-electron chi connectivity index (χ1n) is 4.92. The molecule has 0 aliphatic heterocycles. The van der Waals surface area contributed by atoms with Gasteiger partial charge in [0.25, 0.3) is 0 Å². The van der Waals surface area contributed by atoms with Gasteiger partial charge in [-0.1, -0.05) is 0 Å². The van der Waals surface area contributed by atoms with Crippen molar-refractivity contribution in [3.05, 3.63) is 10.6 Å². The van der Waals surface area contributed by atoms with Gasteiger partial charge in [0.15, 0.2) is 16.5 Å². The fourth-order valence-electron chi connectivity index (χ4n) is 1.12. The van der Waals surface area contributed by atoms with E-state index in [0.29, 0.717) is 10.8 Å². The maximum absolute atomic E-state index is 11.2. The van der Waals surface area contributed by atoms with Gasteiger partial charge in [-0.15, -0.1) is 11.3 Å². The van der Waals surface area contributed by atoms with Crippen LogP contribution in [-0.4, -0.2) is 39.1 Å². The molecule has 7 heteroatoms. The van der Waals surface area contributed by atoms with E-state index in [1.54, 1.807) is 6.92 Å². The Kier molecular flexibility index (Phi) is 3.84. The summed E-state index contributed by atoms with van der Waals surface area (Å²) in [6.07, 6.45) is 0. The quantitative estimate of drug-likeness (QED) is 0.679. The number of aromatic nitrogens is 1. The molecule has 0 amide bonds. The van der Waals surface area contributed by atoms with Gasteiger partial charge >= 0.3 is 5.97 Å². The lowest BCUT2D eigenvalue weighted by atomic mass is 10.1. The summed E-state index contributed by atoms with van der Waals surface area (Å²) in [6.45, 7) is 4.19. The number of ketones is 1. The summed E-state index contributed by atoms with van der Waals surface area (Å²) < 4.78 is 0. The van der Waals surface area contributed by atoms with Crippen LogP contribution in [0.5, 0.6) is 0 Å². The highest BCUT2D eigenvalue weighted by Gasteiger charge is 2.30. The first-order valence-corrected chi connectivity index (χ1v) is 5.73. The minimum Gasteiger partial charge on any atom is -0.479 e. The van der Waals surface area contributed by atoms with Crippen molar-refractivity contribution in [2.75, 3.05) is 11.9 Å². The lowest BCUT2D eigenvalue weighted by molar-refractivity contribution is -0.155. The topological polar surface area (TPSA) is 99.5 Å². The summed E-state index contributed by atoms with van der Waals surface area (Å²) in [5, 5.41) is 21.3. The minimum absolute atomic E-state index is 0.142.